The summed E-state index contributed by atoms with van der Waals surface area (Å²) >= 11 is 0. The van der Waals surface area contributed by atoms with E-state index < -0.39 is 5.54 Å². The highest BCUT2D eigenvalue weighted by Crippen LogP contribution is 2.31. The molecule has 3 fully saturated rings. The molecule has 0 spiro atoms. The van der Waals surface area contributed by atoms with Gasteiger partial charge in [-0.05, 0) is 44.4 Å². The van der Waals surface area contributed by atoms with Gasteiger partial charge < -0.3 is 5.32 Å². The van der Waals surface area contributed by atoms with Crippen molar-refractivity contribution in [3.8, 4) is 6.07 Å². The summed E-state index contributed by atoms with van der Waals surface area (Å²) in [5.74, 6) is 0.841. The van der Waals surface area contributed by atoms with Crippen LogP contribution in [0.4, 0.5) is 0 Å². The Labute approximate surface area is 140 Å². The number of hydrogen-bond donors (Lipinski definition) is 1. The minimum atomic E-state index is -0.588. The summed E-state index contributed by atoms with van der Waals surface area (Å²) in [6.07, 6.45) is 14.2. The molecule has 0 aromatic rings. The zero-order valence-electron chi connectivity index (χ0n) is 14.4. The molecule has 0 aliphatic heterocycles. The Hall–Kier alpha value is -1.08. The van der Waals surface area contributed by atoms with E-state index in [1.165, 1.54) is 51.4 Å². The Kier molecular flexibility index (Phi) is 5.58. The molecule has 3 aliphatic carbocycles. The lowest BCUT2D eigenvalue weighted by molar-refractivity contribution is -0.124. The van der Waals surface area contributed by atoms with Gasteiger partial charge in [0.2, 0.25) is 5.91 Å². The number of nitriles is 1. The minimum Gasteiger partial charge on any atom is -0.337 e. The summed E-state index contributed by atoms with van der Waals surface area (Å²) in [5.41, 5.74) is -0.588. The van der Waals surface area contributed by atoms with Crippen LogP contribution < -0.4 is 5.32 Å². The highest BCUT2D eigenvalue weighted by atomic mass is 16.2. The number of carbonyl (C=O) groups is 1. The third-order valence-electron chi connectivity index (χ3n) is 5.93. The predicted molar refractivity (Wildman–Crippen MR) is 90.7 cm³/mol. The number of nitrogens with zero attached hydrogens (tertiary/aromatic N) is 2. The van der Waals surface area contributed by atoms with Crippen LogP contribution in [-0.2, 0) is 4.79 Å². The fourth-order valence-electron chi connectivity index (χ4n) is 4.39. The van der Waals surface area contributed by atoms with Gasteiger partial charge >= 0.3 is 0 Å². The van der Waals surface area contributed by atoms with Crippen LogP contribution in [0.15, 0.2) is 0 Å². The molecule has 3 rings (SSSR count). The number of rotatable bonds is 6. The van der Waals surface area contributed by atoms with E-state index >= 15 is 0 Å². The summed E-state index contributed by atoms with van der Waals surface area (Å²) < 4.78 is 0. The maximum absolute atomic E-state index is 12.6. The van der Waals surface area contributed by atoms with E-state index in [1.54, 1.807) is 0 Å². The molecule has 1 N–H and O–H groups in total. The Bertz CT molecular complexity index is 440. The predicted octanol–water partition coefficient (Wildman–Crippen LogP) is 3.37. The van der Waals surface area contributed by atoms with Crippen molar-refractivity contribution < 1.29 is 4.79 Å². The normalized spacial score (nSPS) is 25.0. The third kappa shape index (κ3) is 4.70. The molecule has 0 radical (unpaired) electrons. The number of hydrogen-bond acceptors (Lipinski definition) is 3. The standard InChI is InChI=1S/C19H31N3O/c20-15-19(11-5-2-6-12-19)21-18(23)14-22(17-9-10-17)13-16-7-3-1-4-8-16/h16-17H,1-14H2,(H,21,23). The first kappa shape index (κ1) is 16.8. The van der Waals surface area contributed by atoms with Crippen LogP contribution in [-0.4, -0.2) is 35.5 Å². The minimum absolute atomic E-state index is 0.0659. The topological polar surface area (TPSA) is 56.1 Å². The summed E-state index contributed by atoms with van der Waals surface area (Å²) in [5, 5.41) is 12.6. The van der Waals surface area contributed by atoms with Gasteiger partial charge in [-0.1, -0.05) is 38.5 Å². The summed E-state index contributed by atoms with van der Waals surface area (Å²) in [7, 11) is 0. The highest BCUT2D eigenvalue weighted by Gasteiger charge is 2.36. The van der Waals surface area contributed by atoms with Crippen molar-refractivity contribution in [2.75, 3.05) is 13.1 Å². The van der Waals surface area contributed by atoms with E-state index in [0.29, 0.717) is 12.6 Å². The first-order valence-electron chi connectivity index (χ1n) is 9.67. The van der Waals surface area contributed by atoms with Crippen molar-refractivity contribution >= 4 is 5.91 Å². The van der Waals surface area contributed by atoms with Crippen molar-refractivity contribution in [3.05, 3.63) is 0 Å². The molecule has 0 aromatic carbocycles. The van der Waals surface area contributed by atoms with Crippen molar-refractivity contribution in [1.82, 2.24) is 10.2 Å². The molecule has 0 bridgehead atoms. The first-order chi connectivity index (χ1) is 11.2. The Morgan fingerprint density at radius 2 is 1.70 bits per heavy atom. The maximum atomic E-state index is 12.6. The van der Waals surface area contributed by atoms with Gasteiger partial charge in [0.1, 0.15) is 5.54 Å². The van der Waals surface area contributed by atoms with Crippen LogP contribution in [0, 0.1) is 17.2 Å². The molecular weight excluding hydrogens is 286 g/mol. The quantitative estimate of drug-likeness (QED) is 0.817. The number of carbonyl (C=O) groups excluding carboxylic acids is 1. The zero-order valence-corrected chi connectivity index (χ0v) is 14.4. The number of nitrogens with one attached hydrogen (secondary N) is 1. The van der Waals surface area contributed by atoms with Crippen LogP contribution >= 0.6 is 0 Å². The Morgan fingerprint density at radius 3 is 2.30 bits per heavy atom. The smallest absolute Gasteiger partial charge is 0.235 e. The van der Waals surface area contributed by atoms with Crippen molar-refractivity contribution in [2.45, 2.75) is 88.6 Å². The summed E-state index contributed by atoms with van der Waals surface area (Å²) in [6.45, 7) is 1.57. The fraction of sp³-hybridized carbons (Fsp3) is 0.895. The van der Waals surface area contributed by atoms with Crippen molar-refractivity contribution in [1.29, 1.82) is 5.26 Å². The summed E-state index contributed by atoms with van der Waals surface area (Å²) in [6, 6.07) is 3.02. The average molecular weight is 317 g/mol. The fourth-order valence-corrected chi connectivity index (χ4v) is 4.39. The van der Waals surface area contributed by atoms with Gasteiger partial charge in [0.15, 0.2) is 0 Å². The largest absolute Gasteiger partial charge is 0.337 e. The molecule has 4 heteroatoms. The van der Waals surface area contributed by atoms with Gasteiger partial charge in [-0.3, -0.25) is 9.69 Å². The van der Waals surface area contributed by atoms with E-state index in [2.05, 4.69) is 16.3 Å². The lowest BCUT2D eigenvalue weighted by Gasteiger charge is -2.33. The first-order valence-corrected chi connectivity index (χ1v) is 9.67. The van der Waals surface area contributed by atoms with Gasteiger partial charge in [-0.2, -0.15) is 5.26 Å². The van der Waals surface area contributed by atoms with Gasteiger partial charge in [-0.15, -0.1) is 0 Å². The van der Waals surface area contributed by atoms with Crippen LogP contribution in [0.5, 0.6) is 0 Å². The van der Waals surface area contributed by atoms with Crippen LogP contribution in [0.1, 0.15) is 77.0 Å². The van der Waals surface area contributed by atoms with Crippen LogP contribution in [0.2, 0.25) is 0 Å². The van der Waals surface area contributed by atoms with E-state index in [0.717, 1.165) is 38.1 Å². The van der Waals surface area contributed by atoms with Gasteiger partial charge in [0.25, 0.3) is 0 Å². The van der Waals surface area contributed by atoms with Crippen molar-refractivity contribution in [3.63, 3.8) is 0 Å². The second-order valence-corrected chi connectivity index (χ2v) is 7.97. The van der Waals surface area contributed by atoms with Crippen molar-refractivity contribution in [2.24, 2.45) is 5.92 Å². The lowest BCUT2D eigenvalue weighted by atomic mass is 9.83. The van der Waals surface area contributed by atoms with Crippen LogP contribution in [0.3, 0.4) is 0 Å². The van der Waals surface area contributed by atoms with E-state index in [1.807, 2.05) is 0 Å². The van der Waals surface area contributed by atoms with Gasteiger partial charge in [0.05, 0.1) is 12.6 Å². The Morgan fingerprint density at radius 1 is 1.04 bits per heavy atom. The third-order valence-corrected chi connectivity index (χ3v) is 5.93. The second-order valence-electron chi connectivity index (χ2n) is 7.97. The molecule has 0 saturated heterocycles. The molecule has 23 heavy (non-hydrogen) atoms. The maximum Gasteiger partial charge on any atom is 0.235 e. The summed E-state index contributed by atoms with van der Waals surface area (Å²) in [4.78, 5) is 15.0. The molecule has 3 saturated carbocycles. The molecule has 0 aromatic heterocycles. The molecule has 128 valence electrons. The van der Waals surface area contributed by atoms with E-state index in [-0.39, 0.29) is 5.91 Å². The molecule has 4 nitrogen and oxygen atoms in total. The second kappa shape index (κ2) is 7.66. The Balaban J connectivity index is 1.52. The number of amides is 1. The average Bonchev–Trinajstić information content (AvgIpc) is 3.41. The molecule has 0 heterocycles. The monoisotopic (exact) mass is 317 g/mol. The highest BCUT2D eigenvalue weighted by molar-refractivity contribution is 5.79. The van der Waals surface area contributed by atoms with Gasteiger partial charge in [-0.25, -0.2) is 0 Å². The molecule has 0 unspecified atom stereocenters. The molecule has 3 aliphatic rings. The van der Waals surface area contributed by atoms with Crippen LogP contribution in [0.25, 0.3) is 0 Å². The zero-order chi connectivity index (χ0) is 16.1. The van der Waals surface area contributed by atoms with Gasteiger partial charge in [0, 0.05) is 12.6 Å². The van der Waals surface area contributed by atoms with E-state index in [9.17, 15) is 10.1 Å². The molecule has 1 amide bonds. The SMILES string of the molecule is N#CC1(NC(=O)CN(CC2CCCCC2)C2CC2)CCCCC1. The molecule has 0 atom stereocenters. The molecular formula is C19H31N3O. The van der Waals surface area contributed by atoms with E-state index in [4.69, 9.17) is 0 Å². The lowest BCUT2D eigenvalue weighted by Crippen LogP contribution is -2.52.